The Labute approximate surface area is 148 Å². The van der Waals surface area contributed by atoms with Gasteiger partial charge >= 0.3 is 0 Å². The second-order valence-corrected chi connectivity index (χ2v) is 7.24. The Morgan fingerprint density at radius 3 is 2.52 bits per heavy atom. The van der Waals surface area contributed by atoms with Gasteiger partial charge in [0.1, 0.15) is 0 Å². The summed E-state index contributed by atoms with van der Waals surface area (Å²) in [5.41, 5.74) is 2.51. The number of rotatable bonds is 6. The maximum absolute atomic E-state index is 6.37. The number of hydrogen-bond acceptors (Lipinski definition) is 1. The predicted molar refractivity (Wildman–Crippen MR) is 98.3 cm³/mol. The van der Waals surface area contributed by atoms with Crippen LogP contribution in [-0.2, 0) is 6.42 Å². The van der Waals surface area contributed by atoms with Crippen LogP contribution in [0.4, 0.5) is 0 Å². The van der Waals surface area contributed by atoms with Gasteiger partial charge in [-0.05, 0) is 48.4 Å². The van der Waals surface area contributed by atoms with E-state index >= 15 is 0 Å². The Hall–Kier alpha value is -0.350. The van der Waals surface area contributed by atoms with Gasteiger partial charge in [-0.25, -0.2) is 0 Å². The smallest absolute Gasteiger partial charge is 0.0449 e. The second-order valence-electron chi connectivity index (χ2n) is 5.00. The molecule has 2 rings (SSSR count). The molecule has 1 nitrogen and oxygen atoms in total. The van der Waals surface area contributed by atoms with Crippen LogP contribution < -0.4 is 5.32 Å². The SMILES string of the molecule is CCNCC(Cc1ccc(Br)cc1Cl)c1cccc(Br)c1. The fraction of sp³-hybridized carbons (Fsp3) is 0.294. The van der Waals surface area contributed by atoms with Gasteiger partial charge in [0.25, 0.3) is 0 Å². The van der Waals surface area contributed by atoms with E-state index in [0.29, 0.717) is 5.92 Å². The molecule has 2 aromatic rings. The van der Waals surface area contributed by atoms with E-state index in [0.717, 1.165) is 33.5 Å². The van der Waals surface area contributed by atoms with Gasteiger partial charge in [0.05, 0.1) is 0 Å². The van der Waals surface area contributed by atoms with Crippen molar-refractivity contribution in [3.63, 3.8) is 0 Å². The quantitative estimate of drug-likeness (QED) is 0.609. The van der Waals surface area contributed by atoms with Crippen molar-refractivity contribution in [1.29, 1.82) is 0 Å². The Balaban J connectivity index is 2.23. The van der Waals surface area contributed by atoms with Crippen molar-refractivity contribution in [2.45, 2.75) is 19.3 Å². The van der Waals surface area contributed by atoms with Crippen LogP contribution in [0.3, 0.4) is 0 Å². The normalized spacial score (nSPS) is 12.4. The van der Waals surface area contributed by atoms with Crippen molar-refractivity contribution in [3.8, 4) is 0 Å². The molecule has 0 aliphatic rings. The van der Waals surface area contributed by atoms with Crippen LogP contribution in [0.1, 0.15) is 24.0 Å². The molecule has 0 heterocycles. The van der Waals surface area contributed by atoms with E-state index in [4.69, 9.17) is 11.6 Å². The largest absolute Gasteiger partial charge is 0.316 e. The minimum atomic E-state index is 0.404. The third kappa shape index (κ3) is 5.10. The fourth-order valence-electron chi connectivity index (χ4n) is 2.34. The average molecular weight is 432 g/mol. The monoisotopic (exact) mass is 429 g/mol. The van der Waals surface area contributed by atoms with Crippen LogP contribution in [0.15, 0.2) is 51.4 Å². The Kier molecular flexibility index (Phi) is 6.74. The predicted octanol–water partition coefficient (Wildman–Crippen LogP) is 5.80. The lowest BCUT2D eigenvalue weighted by atomic mass is 9.92. The summed E-state index contributed by atoms with van der Waals surface area (Å²) in [7, 11) is 0. The number of likely N-dealkylation sites (N-methyl/N-ethyl adjacent to an activating group) is 1. The van der Waals surface area contributed by atoms with E-state index < -0.39 is 0 Å². The second kappa shape index (κ2) is 8.33. The highest BCUT2D eigenvalue weighted by Gasteiger charge is 2.14. The molecule has 0 amide bonds. The molecule has 0 aliphatic heterocycles. The highest BCUT2D eigenvalue weighted by Crippen LogP contribution is 2.28. The van der Waals surface area contributed by atoms with E-state index in [9.17, 15) is 0 Å². The van der Waals surface area contributed by atoms with Crippen molar-refractivity contribution < 1.29 is 0 Å². The van der Waals surface area contributed by atoms with Crippen molar-refractivity contribution in [1.82, 2.24) is 5.32 Å². The van der Waals surface area contributed by atoms with Gasteiger partial charge in [-0.3, -0.25) is 0 Å². The lowest BCUT2D eigenvalue weighted by molar-refractivity contribution is 0.595. The molecule has 0 bridgehead atoms. The van der Waals surface area contributed by atoms with Crippen molar-refractivity contribution in [2.24, 2.45) is 0 Å². The minimum Gasteiger partial charge on any atom is -0.316 e. The van der Waals surface area contributed by atoms with Gasteiger partial charge in [-0.15, -0.1) is 0 Å². The van der Waals surface area contributed by atoms with Crippen LogP contribution in [0.2, 0.25) is 5.02 Å². The zero-order valence-corrected chi connectivity index (χ0v) is 15.8. The summed E-state index contributed by atoms with van der Waals surface area (Å²) in [5.74, 6) is 0.404. The molecule has 0 aliphatic carbocycles. The summed E-state index contributed by atoms with van der Waals surface area (Å²) in [6.07, 6.45) is 0.926. The van der Waals surface area contributed by atoms with Gasteiger partial charge in [0, 0.05) is 26.4 Å². The van der Waals surface area contributed by atoms with Crippen LogP contribution in [0.5, 0.6) is 0 Å². The molecule has 112 valence electrons. The third-order valence-electron chi connectivity index (χ3n) is 3.44. The molecule has 2 aromatic carbocycles. The first-order valence-electron chi connectivity index (χ1n) is 7.00. The zero-order valence-electron chi connectivity index (χ0n) is 11.9. The van der Waals surface area contributed by atoms with Gasteiger partial charge in [-0.2, -0.15) is 0 Å². The molecule has 1 unspecified atom stereocenters. The van der Waals surface area contributed by atoms with E-state index in [1.54, 1.807) is 0 Å². The molecule has 4 heteroatoms. The molecule has 0 spiro atoms. The molecule has 0 aromatic heterocycles. The summed E-state index contributed by atoms with van der Waals surface area (Å²) in [6.45, 7) is 4.04. The Morgan fingerprint density at radius 1 is 1.10 bits per heavy atom. The fourth-order valence-corrected chi connectivity index (χ4v) is 3.51. The standard InChI is InChI=1S/C17H18Br2ClN/c1-2-21-11-14(12-4-3-5-15(18)9-12)8-13-6-7-16(19)10-17(13)20/h3-7,9-10,14,21H,2,8,11H2,1H3. The highest BCUT2D eigenvalue weighted by molar-refractivity contribution is 9.10. The first kappa shape index (κ1) is 17.0. The molecular formula is C17H18Br2ClN. The highest BCUT2D eigenvalue weighted by atomic mass is 79.9. The number of nitrogens with one attached hydrogen (secondary N) is 1. The van der Waals surface area contributed by atoms with E-state index in [1.807, 2.05) is 12.1 Å². The molecule has 0 saturated heterocycles. The lowest BCUT2D eigenvalue weighted by Gasteiger charge is -2.19. The third-order valence-corrected chi connectivity index (χ3v) is 4.78. The molecule has 1 N–H and O–H groups in total. The maximum atomic E-state index is 6.37. The average Bonchev–Trinajstić information content (AvgIpc) is 2.45. The topological polar surface area (TPSA) is 12.0 Å². The maximum Gasteiger partial charge on any atom is 0.0449 e. The van der Waals surface area contributed by atoms with Gasteiger partial charge in [0.15, 0.2) is 0 Å². The van der Waals surface area contributed by atoms with E-state index in [1.165, 1.54) is 11.1 Å². The number of hydrogen-bond donors (Lipinski definition) is 1. The molecule has 21 heavy (non-hydrogen) atoms. The van der Waals surface area contributed by atoms with Crippen molar-refractivity contribution in [2.75, 3.05) is 13.1 Å². The van der Waals surface area contributed by atoms with Gasteiger partial charge in [-0.1, -0.05) is 68.6 Å². The molecule has 0 saturated carbocycles. The summed E-state index contributed by atoms with van der Waals surface area (Å²) in [6, 6.07) is 14.6. The summed E-state index contributed by atoms with van der Waals surface area (Å²) < 4.78 is 2.13. The number of benzene rings is 2. The van der Waals surface area contributed by atoms with E-state index in [-0.39, 0.29) is 0 Å². The molecule has 0 radical (unpaired) electrons. The van der Waals surface area contributed by atoms with Gasteiger partial charge in [0.2, 0.25) is 0 Å². The Bertz CT molecular complexity index is 601. The van der Waals surface area contributed by atoms with E-state index in [2.05, 4.69) is 74.4 Å². The molecule has 1 atom stereocenters. The minimum absolute atomic E-state index is 0.404. The van der Waals surface area contributed by atoms with Crippen molar-refractivity contribution in [3.05, 3.63) is 67.6 Å². The first-order valence-corrected chi connectivity index (χ1v) is 8.96. The lowest BCUT2D eigenvalue weighted by Crippen LogP contribution is -2.22. The Morgan fingerprint density at radius 2 is 1.86 bits per heavy atom. The van der Waals surface area contributed by atoms with Crippen LogP contribution in [-0.4, -0.2) is 13.1 Å². The van der Waals surface area contributed by atoms with Crippen LogP contribution in [0.25, 0.3) is 0 Å². The molecule has 0 fully saturated rings. The van der Waals surface area contributed by atoms with Crippen molar-refractivity contribution >= 4 is 43.5 Å². The first-order chi connectivity index (χ1) is 10.1. The summed E-state index contributed by atoms with van der Waals surface area (Å²) >= 11 is 13.4. The van der Waals surface area contributed by atoms with Gasteiger partial charge < -0.3 is 5.32 Å². The molecular weight excluding hydrogens is 413 g/mol. The van der Waals surface area contributed by atoms with Crippen LogP contribution >= 0.6 is 43.5 Å². The zero-order chi connectivity index (χ0) is 15.2. The van der Waals surface area contributed by atoms with Crippen LogP contribution in [0, 0.1) is 0 Å². The summed E-state index contributed by atoms with van der Waals surface area (Å²) in [4.78, 5) is 0. The number of halogens is 3. The summed E-state index contributed by atoms with van der Waals surface area (Å²) in [5, 5.41) is 4.27.